The molecular formula is C26H25N3. The molecule has 3 N–H and O–H groups in total. The van der Waals surface area contributed by atoms with Crippen molar-refractivity contribution in [1.29, 1.82) is 0 Å². The van der Waals surface area contributed by atoms with Crippen LogP contribution in [0.4, 0.5) is 5.82 Å². The molecule has 0 spiro atoms. The molecule has 4 rings (SSSR count). The number of hydrogen-bond acceptors (Lipinski definition) is 3. The topological polar surface area (TPSA) is 50.9 Å². The third-order valence-electron chi connectivity index (χ3n) is 5.42. The van der Waals surface area contributed by atoms with Gasteiger partial charge >= 0.3 is 0 Å². The number of pyridine rings is 1. The predicted octanol–water partition coefficient (Wildman–Crippen LogP) is 5.25. The van der Waals surface area contributed by atoms with Crippen LogP contribution in [0, 0.1) is 6.92 Å². The average molecular weight is 380 g/mol. The van der Waals surface area contributed by atoms with Crippen LogP contribution in [-0.2, 0) is 12.1 Å². The molecule has 0 radical (unpaired) electrons. The molecule has 0 aliphatic heterocycles. The van der Waals surface area contributed by atoms with Gasteiger partial charge in [-0.25, -0.2) is 4.98 Å². The second-order valence-electron chi connectivity index (χ2n) is 7.13. The highest BCUT2D eigenvalue weighted by atomic mass is 15.1. The number of benzene rings is 3. The lowest BCUT2D eigenvalue weighted by atomic mass is 9.77. The zero-order chi connectivity index (χ0) is 20.1. The van der Waals surface area contributed by atoms with Crippen LogP contribution >= 0.6 is 0 Å². The molecule has 0 aliphatic rings. The van der Waals surface area contributed by atoms with E-state index in [-0.39, 0.29) is 0 Å². The summed E-state index contributed by atoms with van der Waals surface area (Å²) in [6.07, 6.45) is 1.84. The first-order valence-electron chi connectivity index (χ1n) is 9.85. The van der Waals surface area contributed by atoms with Gasteiger partial charge in [-0.1, -0.05) is 91.0 Å². The number of nitrogens with zero attached hydrogens (tertiary/aromatic N) is 1. The second-order valence-corrected chi connectivity index (χ2v) is 7.13. The summed E-state index contributed by atoms with van der Waals surface area (Å²) in [5.41, 5.74) is 11.1. The summed E-state index contributed by atoms with van der Waals surface area (Å²) in [7, 11) is 0. The number of anilines is 1. The normalized spacial score (nSPS) is 11.2. The Morgan fingerprint density at radius 3 is 1.59 bits per heavy atom. The van der Waals surface area contributed by atoms with Crippen molar-refractivity contribution >= 4 is 5.82 Å². The zero-order valence-corrected chi connectivity index (χ0v) is 16.5. The molecule has 0 aliphatic carbocycles. The molecule has 0 amide bonds. The van der Waals surface area contributed by atoms with Crippen molar-refractivity contribution < 1.29 is 0 Å². The summed E-state index contributed by atoms with van der Waals surface area (Å²) in [6, 6.07) is 33.5. The Kier molecular flexibility index (Phi) is 5.41. The highest BCUT2D eigenvalue weighted by molar-refractivity contribution is 5.61. The van der Waals surface area contributed by atoms with Gasteiger partial charge in [-0.2, -0.15) is 0 Å². The predicted molar refractivity (Wildman–Crippen MR) is 120 cm³/mol. The molecule has 3 nitrogen and oxygen atoms in total. The number of nitrogens with two attached hydrogens (primary N) is 1. The first-order valence-corrected chi connectivity index (χ1v) is 9.85. The Labute approximate surface area is 172 Å². The van der Waals surface area contributed by atoms with Crippen molar-refractivity contribution in [3.05, 3.63) is 131 Å². The summed E-state index contributed by atoms with van der Waals surface area (Å²) in [5.74, 6) is 0.809. The molecule has 144 valence electrons. The van der Waals surface area contributed by atoms with Gasteiger partial charge in [0.25, 0.3) is 0 Å². The average Bonchev–Trinajstić information content (AvgIpc) is 2.79. The Bertz CT molecular complexity index is 964. The van der Waals surface area contributed by atoms with Crippen molar-refractivity contribution in [2.75, 3.05) is 5.32 Å². The van der Waals surface area contributed by atoms with Gasteiger partial charge < -0.3 is 11.1 Å². The lowest BCUT2D eigenvalue weighted by molar-refractivity contribution is 0.703. The smallest absolute Gasteiger partial charge is 0.131 e. The van der Waals surface area contributed by atoms with E-state index in [1.54, 1.807) is 0 Å². The van der Waals surface area contributed by atoms with Crippen molar-refractivity contribution in [2.45, 2.75) is 19.0 Å². The maximum Gasteiger partial charge on any atom is 0.131 e. The summed E-state index contributed by atoms with van der Waals surface area (Å²) in [4.78, 5) is 4.68. The van der Waals surface area contributed by atoms with Crippen LogP contribution in [0.25, 0.3) is 0 Å². The van der Waals surface area contributed by atoms with Gasteiger partial charge in [0.1, 0.15) is 11.4 Å². The minimum absolute atomic E-state index is 0.427. The quantitative estimate of drug-likeness (QED) is 0.450. The minimum Gasteiger partial charge on any atom is -0.352 e. The molecule has 1 heterocycles. The highest BCUT2D eigenvalue weighted by Gasteiger charge is 2.37. The van der Waals surface area contributed by atoms with E-state index in [1.165, 1.54) is 0 Å². The highest BCUT2D eigenvalue weighted by Crippen LogP contribution is 2.40. The molecule has 0 fully saturated rings. The summed E-state index contributed by atoms with van der Waals surface area (Å²) >= 11 is 0. The fourth-order valence-corrected chi connectivity index (χ4v) is 3.91. The van der Waals surface area contributed by atoms with Crippen LogP contribution in [0.15, 0.2) is 103 Å². The van der Waals surface area contributed by atoms with Crippen LogP contribution in [0.1, 0.15) is 27.8 Å². The van der Waals surface area contributed by atoms with E-state index in [1.807, 2.05) is 30.5 Å². The molecule has 1 aromatic heterocycles. The third kappa shape index (κ3) is 3.53. The third-order valence-corrected chi connectivity index (χ3v) is 5.42. The maximum atomic E-state index is 6.11. The van der Waals surface area contributed by atoms with Crippen LogP contribution < -0.4 is 11.1 Å². The first-order chi connectivity index (χ1) is 14.3. The lowest BCUT2D eigenvalue weighted by Gasteiger charge is -2.38. The van der Waals surface area contributed by atoms with Gasteiger partial charge in [0.05, 0.1) is 0 Å². The first kappa shape index (κ1) is 18.9. The van der Waals surface area contributed by atoms with E-state index in [0.717, 1.165) is 33.6 Å². The molecular weight excluding hydrogens is 354 g/mol. The SMILES string of the molecule is Cc1ccnc(NC(c2ccccc2)(c2ccccc2)c2ccccc2)c1CN. The van der Waals surface area contributed by atoms with Crippen LogP contribution in [0.5, 0.6) is 0 Å². The van der Waals surface area contributed by atoms with Crippen LogP contribution in [0.2, 0.25) is 0 Å². The number of nitrogens with one attached hydrogen (secondary N) is 1. The Balaban J connectivity index is 2.02. The zero-order valence-electron chi connectivity index (χ0n) is 16.5. The Morgan fingerprint density at radius 2 is 1.17 bits per heavy atom. The van der Waals surface area contributed by atoms with Crippen molar-refractivity contribution in [3.8, 4) is 0 Å². The molecule has 0 saturated carbocycles. The van der Waals surface area contributed by atoms with Gasteiger partial charge in [-0.15, -0.1) is 0 Å². The summed E-state index contributed by atoms with van der Waals surface area (Å²) in [6.45, 7) is 2.50. The number of rotatable bonds is 6. The van der Waals surface area contributed by atoms with Crippen molar-refractivity contribution in [3.63, 3.8) is 0 Å². The molecule has 3 heteroatoms. The number of hydrogen-bond donors (Lipinski definition) is 2. The van der Waals surface area contributed by atoms with E-state index in [0.29, 0.717) is 6.54 Å². The summed E-state index contributed by atoms with van der Waals surface area (Å²) < 4.78 is 0. The van der Waals surface area contributed by atoms with E-state index in [9.17, 15) is 0 Å². The second kappa shape index (κ2) is 8.29. The van der Waals surface area contributed by atoms with E-state index >= 15 is 0 Å². The lowest BCUT2D eigenvalue weighted by Crippen LogP contribution is -2.39. The van der Waals surface area contributed by atoms with Gasteiger partial charge in [-0.3, -0.25) is 0 Å². The van der Waals surface area contributed by atoms with E-state index in [4.69, 9.17) is 5.73 Å². The van der Waals surface area contributed by atoms with Gasteiger partial charge in [-0.05, 0) is 35.2 Å². The molecule has 0 bridgehead atoms. The molecule has 3 aromatic carbocycles. The van der Waals surface area contributed by atoms with E-state index in [2.05, 4.69) is 90.0 Å². The number of aryl methyl sites for hydroxylation is 1. The summed E-state index contributed by atoms with van der Waals surface area (Å²) in [5, 5.41) is 3.81. The molecule has 0 saturated heterocycles. The Morgan fingerprint density at radius 1 is 0.724 bits per heavy atom. The van der Waals surface area contributed by atoms with Crippen molar-refractivity contribution in [2.24, 2.45) is 5.73 Å². The molecule has 4 aromatic rings. The van der Waals surface area contributed by atoms with Crippen LogP contribution in [-0.4, -0.2) is 4.98 Å². The maximum absolute atomic E-state index is 6.11. The van der Waals surface area contributed by atoms with Gasteiger partial charge in [0.15, 0.2) is 0 Å². The molecule has 0 atom stereocenters. The van der Waals surface area contributed by atoms with E-state index < -0.39 is 5.54 Å². The van der Waals surface area contributed by atoms with Crippen molar-refractivity contribution in [1.82, 2.24) is 4.98 Å². The number of aromatic nitrogens is 1. The standard InChI is InChI=1S/C26H25N3/c1-20-17-18-28-25(24(20)19-27)29-26(21-11-5-2-6-12-21,22-13-7-3-8-14-22)23-15-9-4-10-16-23/h2-18H,19,27H2,1H3,(H,28,29). The van der Waals surface area contributed by atoms with Gasteiger partial charge in [0.2, 0.25) is 0 Å². The largest absolute Gasteiger partial charge is 0.352 e. The van der Waals surface area contributed by atoms with Crippen LogP contribution in [0.3, 0.4) is 0 Å². The molecule has 29 heavy (non-hydrogen) atoms. The molecule has 0 unspecified atom stereocenters. The minimum atomic E-state index is -0.603. The van der Waals surface area contributed by atoms with Gasteiger partial charge in [0, 0.05) is 18.3 Å². The fourth-order valence-electron chi connectivity index (χ4n) is 3.91. The Hall–Kier alpha value is -3.43. The monoisotopic (exact) mass is 379 g/mol. The fraction of sp³-hybridized carbons (Fsp3) is 0.115.